The predicted molar refractivity (Wildman–Crippen MR) is 192 cm³/mol. The van der Waals surface area contributed by atoms with Crippen LogP contribution in [-0.2, 0) is 41.5 Å². The summed E-state index contributed by atoms with van der Waals surface area (Å²) in [7, 11) is 0. The second kappa shape index (κ2) is 12.5. The van der Waals surface area contributed by atoms with E-state index in [1.54, 1.807) is 0 Å². The second-order valence-corrected chi connectivity index (χ2v) is 16.1. The molecule has 0 aliphatic heterocycles. The van der Waals surface area contributed by atoms with Gasteiger partial charge in [-0.2, -0.15) is 17.2 Å². The van der Waals surface area contributed by atoms with Crippen molar-refractivity contribution in [3.05, 3.63) is 129 Å². The van der Waals surface area contributed by atoms with Crippen LogP contribution < -0.4 is 0 Å². The fourth-order valence-electron chi connectivity index (χ4n) is 7.56. The van der Waals surface area contributed by atoms with E-state index < -0.39 is 0 Å². The van der Waals surface area contributed by atoms with Gasteiger partial charge in [-0.1, -0.05) is 111 Å². The van der Waals surface area contributed by atoms with Gasteiger partial charge >= 0.3 is 63.8 Å². The summed E-state index contributed by atoms with van der Waals surface area (Å²) in [6, 6.07) is 20.2. The quantitative estimate of drug-likeness (QED) is 0.186. The van der Waals surface area contributed by atoms with Crippen LogP contribution in [0.15, 0.2) is 77.9 Å². The van der Waals surface area contributed by atoms with Gasteiger partial charge in [0.25, 0.3) is 0 Å². The predicted octanol–water partition coefficient (Wildman–Crippen LogP) is 11.6. The number of rotatable bonds is 2. The Morgan fingerprint density at radius 1 is 0.867 bits per heavy atom. The fourth-order valence-corrected chi connectivity index (χ4v) is 8.04. The summed E-state index contributed by atoms with van der Waals surface area (Å²) in [5.41, 5.74) is 19.1. The molecule has 0 fully saturated rings. The first kappa shape index (κ1) is 33.7. The van der Waals surface area contributed by atoms with Crippen molar-refractivity contribution >= 4 is 14.9 Å². The van der Waals surface area contributed by atoms with Gasteiger partial charge in [0.2, 0.25) is 0 Å². The van der Waals surface area contributed by atoms with Crippen molar-refractivity contribution < 1.29 is 24.2 Å². The SMILES string of the molecule is CC1=[C-]C(C)(C)c2cc3c(cc21)-c1cc2c(cc1C3)C(C)(C)C=C2C.CCC1=[C-]C(C)C=C1C(C)(C)C.[Zr+2]=[CH]c1ccccc1. The van der Waals surface area contributed by atoms with E-state index in [2.05, 4.69) is 153 Å². The normalized spacial score (nSPS) is 19.4. The number of fused-ring (bicyclic) bond motifs is 5. The van der Waals surface area contributed by atoms with Gasteiger partial charge in [0.05, 0.1) is 0 Å². The maximum atomic E-state index is 3.65. The monoisotopic (exact) mass is 668 g/mol. The Hall–Kier alpha value is -2.63. The Balaban J connectivity index is 0.000000166. The van der Waals surface area contributed by atoms with E-state index in [0.717, 1.165) is 12.8 Å². The molecular formula is C44H50Zr. The molecule has 4 aliphatic rings. The maximum absolute atomic E-state index is 3.65. The summed E-state index contributed by atoms with van der Waals surface area (Å²) in [6.45, 7) is 24.9. The van der Waals surface area contributed by atoms with Crippen LogP contribution in [0.3, 0.4) is 0 Å². The van der Waals surface area contributed by atoms with E-state index in [9.17, 15) is 0 Å². The molecule has 3 aromatic rings. The van der Waals surface area contributed by atoms with Crippen molar-refractivity contribution in [1.29, 1.82) is 0 Å². The Morgan fingerprint density at radius 2 is 1.47 bits per heavy atom. The third-order valence-corrected chi connectivity index (χ3v) is 10.5. The van der Waals surface area contributed by atoms with Gasteiger partial charge in [-0.3, -0.25) is 12.2 Å². The van der Waals surface area contributed by atoms with E-state index in [0.29, 0.717) is 11.3 Å². The molecule has 230 valence electrons. The molecule has 0 saturated carbocycles. The molecule has 0 nitrogen and oxygen atoms in total. The molecule has 0 aromatic heterocycles. The van der Waals surface area contributed by atoms with E-state index in [1.807, 2.05) is 6.07 Å². The molecule has 0 spiro atoms. The molecule has 0 N–H and O–H groups in total. The van der Waals surface area contributed by atoms with Gasteiger partial charge in [0.1, 0.15) is 0 Å². The molecule has 45 heavy (non-hydrogen) atoms. The van der Waals surface area contributed by atoms with Gasteiger partial charge < -0.3 is 0 Å². The molecular weight excluding hydrogens is 620 g/mol. The number of hydrogen-bond donors (Lipinski definition) is 0. The minimum absolute atomic E-state index is 0.0340. The molecule has 7 rings (SSSR count). The molecule has 0 heterocycles. The van der Waals surface area contributed by atoms with Crippen LogP contribution in [0.1, 0.15) is 122 Å². The van der Waals surface area contributed by atoms with Crippen molar-refractivity contribution in [2.75, 3.05) is 0 Å². The summed E-state index contributed by atoms with van der Waals surface area (Å²) < 4.78 is 2.17. The zero-order valence-electron chi connectivity index (χ0n) is 29.4. The van der Waals surface area contributed by atoms with E-state index in [-0.39, 0.29) is 10.8 Å². The van der Waals surface area contributed by atoms with Gasteiger partial charge in [-0.15, -0.1) is 11.6 Å². The van der Waals surface area contributed by atoms with Crippen molar-refractivity contribution in [3.8, 4) is 11.1 Å². The standard InChI is InChI=1S/C25H25.C12H19.C7H6.Zr/c1-14-12-24(3,4)22-8-16-7-17-9-23-19(15(2)13-25(23,5)6)11-21(17)20(16)10-18(14)22;1-6-10-7-9(2)8-11(10)12(3,4)5;1-7-5-3-2-4-6-7;/h8-12H,7H2,1-6H3;8-9H,6H2,1-5H3;1-6H;/q2*-1;;+2. The van der Waals surface area contributed by atoms with Gasteiger partial charge in [0.15, 0.2) is 0 Å². The van der Waals surface area contributed by atoms with Gasteiger partial charge in [-0.05, 0) is 58.4 Å². The molecule has 0 bridgehead atoms. The zero-order chi connectivity index (χ0) is 32.9. The third kappa shape index (κ3) is 6.76. The van der Waals surface area contributed by atoms with Crippen molar-refractivity contribution in [3.63, 3.8) is 0 Å². The Morgan fingerprint density at radius 3 is 2.00 bits per heavy atom. The summed E-state index contributed by atoms with van der Waals surface area (Å²) in [6.07, 6.45) is 14.1. The van der Waals surface area contributed by atoms with Crippen LogP contribution in [0.5, 0.6) is 0 Å². The van der Waals surface area contributed by atoms with Crippen LogP contribution in [0.25, 0.3) is 22.3 Å². The van der Waals surface area contributed by atoms with Crippen molar-refractivity contribution in [2.24, 2.45) is 11.3 Å². The van der Waals surface area contributed by atoms with Crippen LogP contribution in [0.4, 0.5) is 0 Å². The van der Waals surface area contributed by atoms with Crippen LogP contribution in [0, 0.1) is 23.5 Å². The number of allylic oxidation sites excluding steroid dienone is 8. The van der Waals surface area contributed by atoms with E-state index in [1.165, 1.54) is 96.6 Å². The number of benzene rings is 3. The first-order valence-electron chi connectivity index (χ1n) is 16.6. The Labute approximate surface area is 288 Å². The van der Waals surface area contributed by atoms with Crippen molar-refractivity contribution in [1.82, 2.24) is 0 Å². The second-order valence-electron chi connectivity index (χ2n) is 15.4. The van der Waals surface area contributed by atoms with Crippen LogP contribution >= 0.6 is 0 Å². The first-order chi connectivity index (χ1) is 21.1. The fraction of sp³-hybridized carbons (Fsp3) is 0.386. The molecule has 0 saturated heterocycles. The van der Waals surface area contributed by atoms with E-state index in [4.69, 9.17) is 0 Å². The van der Waals surface area contributed by atoms with Crippen molar-refractivity contribution in [2.45, 2.75) is 99.8 Å². The topological polar surface area (TPSA) is 0 Å². The van der Waals surface area contributed by atoms with Crippen LogP contribution in [-0.4, -0.2) is 3.71 Å². The average molecular weight is 670 g/mol. The zero-order valence-corrected chi connectivity index (χ0v) is 31.9. The van der Waals surface area contributed by atoms with Gasteiger partial charge in [-0.25, -0.2) is 11.1 Å². The molecule has 1 heteroatoms. The molecule has 3 aromatic carbocycles. The molecule has 0 radical (unpaired) electrons. The Bertz CT molecular complexity index is 1680. The Kier molecular flexibility index (Phi) is 9.39. The summed E-state index contributed by atoms with van der Waals surface area (Å²) in [5.74, 6) is 0.522. The molecule has 1 atom stereocenters. The molecule has 0 amide bonds. The molecule has 4 aliphatic carbocycles. The minimum atomic E-state index is 0.0340. The molecule has 1 unspecified atom stereocenters. The van der Waals surface area contributed by atoms with Crippen LogP contribution in [0.2, 0.25) is 0 Å². The first-order valence-corrected chi connectivity index (χ1v) is 18.0. The third-order valence-electron chi connectivity index (χ3n) is 9.70. The summed E-state index contributed by atoms with van der Waals surface area (Å²) in [4.78, 5) is 0. The average Bonchev–Trinajstić information content (AvgIpc) is 3.67. The van der Waals surface area contributed by atoms with Gasteiger partial charge in [0, 0.05) is 5.41 Å². The summed E-state index contributed by atoms with van der Waals surface area (Å²) >= 11 is 1.46. The van der Waals surface area contributed by atoms with E-state index >= 15 is 0 Å². The number of hydrogen-bond acceptors (Lipinski definition) is 0. The summed E-state index contributed by atoms with van der Waals surface area (Å²) in [5, 5.41) is 0.